The van der Waals surface area contributed by atoms with E-state index in [0.717, 1.165) is 32.4 Å². The van der Waals surface area contributed by atoms with Crippen LogP contribution in [0, 0.1) is 12.3 Å². The Hall–Kier alpha value is -2.19. The van der Waals surface area contributed by atoms with Crippen LogP contribution in [0.1, 0.15) is 62.6 Å². The Balaban J connectivity index is 1.71. The monoisotopic (exact) mass is 433 g/mol. The molecule has 8 heteroatoms. The number of aryl methyl sites for hydroxylation is 1. The molecule has 172 valence electrons. The lowest BCUT2D eigenvalue weighted by Crippen LogP contribution is -2.55. The van der Waals surface area contributed by atoms with Crippen molar-refractivity contribution in [3.63, 3.8) is 0 Å². The van der Waals surface area contributed by atoms with Crippen LogP contribution in [0.15, 0.2) is 16.7 Å². The molecule has 0 aliphatic carbocycles. The van der Waals surface area contributed by atoms with E-state index in [-0.39, 0.29) is 35.7 Å². The molecule has 8 nitrogen and oxygen atoms in total. The fourth-order valence-electron chi connectivity index (χ4n) is 4.15. The van der Waals surface area contributed by atoms with Gasteiger partial charge in [-0.25, -0.2) is 0 Å². The van der Waals surface area contributed by atoms with Gasteiger partial charge in [0.1, 0.15) is 24.5 Å². The molecule has 2 N–H and O–H groups in total. The summed E-state index contributed by atoms with van der Waals surface area (Å²) in [6.07, 6.45) is 4.68. The molecule has 2 fully saturated rings. The Bertz CT molecular complexity index is 797. The fraction of sp³-hybridized carbons (Fsp3) is 0.696. The van der Waals surface area contributed by atoms with Crippen molar-refractivity contribution in [1.82, 2.24) is 15.5 Å². The summed E-state index contributed by atoms with van der Waals surface area (Å²) in [6, 6.07) is 0.135. The minimum absolute atomic E-state index is 0.00907. The predicted octanol–water partition coefficient (Wildman–Crippen LogP) is 2.06. The molecule has 2 saturated heterocycles. The number of carbonyl (C=O) groups is 3. The number of furan rings is 1. The van der Waals surface area contributed by atoms with Crippen LogP contribution in [0.3, 0.4) is 0 Å². The predicted molar refractivity (Wildman–Crippen MR) is 116 cm³/mol. The van der Waals surface area contributed by atoms with Crippen molar-refractivity contribution >= 4 is 17.6 Å². The molecule has 2 aliphatic rings. The minimum atomic E-state index is -0.766. The summed E-state index contributed by atoms with van der Waals surface area (Å²) in [4.78, 5) is 40.7. The summed E-state index contributed by atoms with van der Waals surface area (Å²) in [6.45, 7) is 10.5. The molecule has 0 bridgehead atoms. The van der Waals surface area contributed by atoms with Gasteiger partial charge in [-0.2, -0.15) is 0 Å². The van der Waals surface area contributed by atoms with Gasteiger partial charge < -0.3 is 24.7 Å². The van der Waals surface area contributed by atoms with Gasteiger partial charge in [0.15, 0.2) is 5.78 Å². The van der Waals surface area contributed by atoms with Crippen molar-refractivity contribution in [2.24, 2.45) is 5.41 Å². The average molecular weight is 434 g/mol. The molecular formula is C23H35N3O5. The van der Waals surface area contributed by atoms with E-state index < -0.39 is 12.1 Å². The normalized spacial score (nSPS) is 23.2. The first-order valence-corrected chi connectivity index (χ1v) is 11.2. The topological polar surface area (TPSA) is 101 Å². The molecular weight excluding hydrogens is 398 g/mol. The van der Waals surface area contributed by atoms with E-state index in [1.54, 1.807) is 13.0 Å². The zero-order chi connectivity index (χ0) is 22.6. The summed E-state index contributed by atoms with van der Waals surface area (Å²) in [5.41, 5.74) is 0.241. The highest BCUT2D eigenvalue weighted by molar-refractivity contribution is 5.99. The SMILES string of the molecule is CCC(C)(C)CC(NC(=O)c1ccoc1C)C(=O)NC1C(=O)COC1CN1CCCC1. The Morgan fingerprint density at radius 2 is 2.00 bits per heavy atom. The lowest BCUT2D eigenvalue weighted by molar-refractivity contribution is -0.128. The number of nitrogens with one attached hydrogen (secondary N) is 2. The number of likely N-dealkylation sites (tertiary alicyclic amines) is 1. The van der Waals surface area contributed by atoms with Gasteiger partial charge in [0, 0.05) is 6.54 Å². The zero-order valence-electron chi connectivity index (χ0n) is 19.0. The summed E-state index contributed by atoms with van der Waals surface area (Å²) in [5.74, 6) is -0.341. The van der Waals surface area contributed by atoms with Gasteiger partial charge in [0.2, 0.25) is 5.91 Å². The van der Waals surface area contributed by atoms with Gasteiger partial charge in [-0.1, -0.05) is 27.2 Å². The van der Waals surface area contributed by atoms with Crippen LogP contribution in [-0.4, -0.2) is 66.9 Å². The van der Waals surface area contributed by atoms with E-state index in [4.69, 9.17) is 9.15 Å². The van der Waals surface area contributed by atoms with Crippen LogP contribution < -0.4 is 10.6 Å². The molecule has 0 saturated carbocycles. The van der Waals surface area contributed by atoms with Gasteiger partial charge in [-0.15, -0.1) is 0 Å². The van der Waals surface area contributed by atoms with Crippen molar-refractivity contribution in [2.45, 2.75) is 71.6 Å². The largest absolute Gasteiger partial charge is 0.469 e. The van der Waals surface area contributed by atoms with E-state index in [1.165, 1.54) is 6.26 Å². The molecule has 3 unspecified atom stereocenters. The number of nitrogens with zero attached hydrogens (tertiary/aromatic N) is 1. The lowest BCUT2D eigenvalue weighted by atomic mass is 9.83. The van der Waals surface area contributed by atoms with Gasteiger partial charge in [-0.05, 0) is 50.8 Å². The lowest BCUT2D eigenvalue weighted by Gasteiger charge is -2.30. The number of hydrogen-bond donors (Lipinski definition) is 2. The van der Waals surface area contributed by atoms with Crippen LogP contribution in [0.25, 0.3) is 0 Å². The third kappa shape index (κ3) is 5.95. The number of ether oxygens (including phenoxy) is 1. The molecule has 3 heterocycles. The number of amides is 2. The minimum Gasteiger partial charge on any atom is -0.469 e. The van der Waals surface area contributed by atoms with Crippen LogP contribution >= 0.6 is 0 Å². The van der Waals surface area contributed by atoms with Crippen molar-refractivity contribution in [2.75, 3.05) is 26.2 Å². The maximum Gasteiger partial charge on any atom is 0.255 e. The molecule has 1 aromatic rings. The van der Waals surface area contributed by atoms with Gasteiger partial charge >= 0.3 is 0 Å². The molecule has 0 spiro atoms. The number of hydrogen-bond acceptors (Lipinski definition) is 6. The Kier molecular flexibility index (Phi) is 7.54. The summed E-state index contributed by atoms with van der Waals surface area (Å²) in [7, 11) is 0. The molecule has 1 aromatic heterocycles. The summed E-state index contributed by atoms with van der Waals surface area (Å²) >= 11 is 0. The van der Waals surface area contributed by atoms with Gasteiger partial charge in [-0.3, -0.25) is 14.4 Å². The van der Waals surface area contributed by atoms with Crippen LogP contribution in [0.4, 0.5) is 0 Å². The van der Waals surface area contributed by atoms with E-state index in [9.17, 15) is 14.4 Å². The third-order valence-corrected chi connectivity index (χ3v) is 6.53. The van der Waals surface area contributed by atoms with Crippen molar-refractivity contribution < 1.29 is 23.5 Å². The fourth-order valence-corrected chi connectivity index (χ4v) is 4.15. The molecule has 2 aliphatic heterocycles. The van der Waals surface area contributed by atoms with Gasteiger partial charge in [0.25, 0.3) is 5.91 Å². The average Bonchev–Trinajstić information content (AvgIpc) is 3.46. The van der Waals surface area contributed by atoms with E-state index in [0.29, 0.717) is 24.3 Å². The van der Waals surface area contributed by atoms with Crippen LogP contribution in [0.2, 0.25) is 0 Å². The maximum atomic E-state index is 13.2. The molecule has 0 aromatic carbocycles. The second-order valence-electron chi connectivity index (χ2n) is 9.45. The highest BCUT2D eigenvalue weighted by Crippen LogP contribution is 2.27. The molecule has 31 heavy (non-hydrogen) atoms. The number of Topliss-reactive ketones (excluding diaryl/α,β-unsaturated/α-hetero) is 1. The first-order valence-electron chi connectivity index (χ1n) is 11.2. The highest BCUT2D eigenvalue weighted by Gasteiger charge is 2.40. The standard InChI is InChI=1S/C23H35N3O5/c1-5-23(3,4)12-17(24-21(28)16-8-11-30-15(16)2)22(29)25-20-18(27)14-31-19(20)13-26-9-6-7-10-26/h8,11,17,19-20H,5-7,9-10,12-14H2,1-4H3,(H,24,28)(H,25,29). The Morgan fingerprint density at radius 3 is 2.61 bits per heavy atom. The van der Waals surface area contributed by atoms with E-state index in [2.05, 4.69) is 36.3 Å². The molecule has 3 atom stereocenters. The van der Waals surface area contributed by atoms with Gasteiger partial charge in [0.05, 0.1) is 17.9 Å². The smallest absolute Gasteiger partial charge is 0.255 e. The van der Waals surface area contributed by atoms with Crippen molar-refractivity contribution in [1.29, 1.82) is 0 Å². The van der Waals surface area contributed by atoms with Crippen molar-refractivity contribution in [3.8, 4) is 0 Å². The van der Waals surface area contributed by atoms with Crippen LogP contribution in [-0.2, 0) is 14.3 Å². The first-order chi connectivity index (χ1) is 14.7. The third-order valence-electron chi connectivity index (χ3n) is 6.53. The van der Waals surface area contributed by atoms with Crippen LogP contribution in [0.5, 0.6) is 0 Å². The number of rotatable bonds is 9. The molecule has 2 amide bonds. The zero-order valence-corrected chi connectivity index (χ0v) is 19.0. The Labute approximate surface area is 184 Å². The second-order valence-corrected chi connectivity index (χ2v) is 9.45. The van der Waals surface area contributed by atoms with E-state index in [1.807, 2.05) is 0 Å². The second kappa shape index (κ2) is 9.96. The Morgan fingerprint density at radius 1 is 1.29 bits per heavy atom. The molecule has 0 radical (unpaired) electrons. The first kappa shape index (κ1) is 23.5. The van der Waals surface area contributed by atoms with Crippen molar-refractivity contribution in [3.05, 3.63) is 23.7 Å². The number of ketones is 1. The van der Waals surface area contributed by atoms with E-state index >= 15 is 0 Å². The number of carbonyl (C=O) groups excluding carboxylic acids is 3. The molecule has 3 rings (SSSR count). The summed E-state index contributed by atoms with van der Waals surface area (Å²) < 4.78 is 10.9. The quantitative estimate of drug-likeness (QED) is 0.618. The highest BCUT2D eigenvalue weighted by atomic mass is 16.5. The maximum absolute atomic E-state index is 13.2. The summed E-state index contributed by atoms with van der Waals surface area (Å²) in [5, 5.41) is 5.74.